The summed E-state index contributed by atoms with van der Waals surface area (Å²) < 4.78 is 0. The molecule has 3 rings (SSSR count). The summed E-state index contributed by atoms with van der Waals surface area (Å²) in [6.07, 6.45) is 1.38. The Hall–Kier alpha value is -0.930. The highest BCUT2D eigenvalue weighted by Gasteiger charge is 2.46. The molecular weight excluding hydrogens is 246 g/mol. The van der Waals surface area contributed by atoms with Gasteiger partial charge in [0.25, 0.3) is 0 Å². The molecule has 1 aromatic heterocycles. The summed E-state index contributed by atoms with van der Waals surface area (Å²) in [6.45, 7) is 14.7. The third-order valence-corrected chi connectivity index (χ3v) is 4.80. The van der Waals surface area contributed by atoms with Crippen LogP contribution in [0.1, 0.15) is 44.1 Å². The summed E-state index contributed by atoms with van der Waals surface area (Å²) in [6, 6.07) is 5.98. The molecule has 0 saturated carbocycles. The number of hydrogen-bond acceptors (Lipinski definition) is 3. The molecule has 2 aliphatic heterocycles. The van der Waals surface area contributed by atoms with E-state index in [-0.39, 0.29) is 0 Å². The minimum Gasteiger partial charge on any atom is -0.295 e. The average molecular weight is 273 g/mol. The monoisotopic (exact) mass is 273 g/mol. The zero-order valence-electron chi connectivity index (χ0n) is 13.5. The molecule has 2 unspecified atom stereocenters. The van der Waals surface area contributed by atoms with Crippen LogP contribution in [0.2, 0.25) is 0 Å². The summed E-state index contributed by atoms with van der Waals surface area (Å²) in [5.74, 6) is 0. The SMILES string of the molecule is Cc1cc(CN2C3CC2CN(C(C)(C)C)C3)cc(C)n1. The lowest BCUT2D eigenvalue weighted by Gasteiger charge is -2.59. The highest BCUT2D eigenvalue weighted by molar-refractivity contribution is 5.21. The minimum absolute atomic E-state index is 0.312. The van der Waals surface area contributed by atoms with E-state index in [9.17, 15) is 0 Å². The molecule has 0 N–H and O–H groups in total. The Morgan fingerprint density at radius 1 is 1.10 bits per heavy atom. The second kappa shape index (κ2) is 4.81. The van der Waals surface area contributed by atoms with Crippen LogP contribution >= 0.6 is 0 Å². The lowest BCUT2D eigenvalue weighted by atomic mass is 9.84. The predicted molar refractivity (Wildman–Crippen MR) is 82.8 cm³/mol. The Bertz CT molecular complexity index is 471. The number of nitrogens with zero attached hydrogens (tertiary/aromatic N) is 3. The third-order valence-electron chi connectivity index (χ3n) is 4.80. The maximum absolute atomic E-state index is 4.48. The fourth-order valence-electron chi connectivity index (χ4n) is 3.72. The fraction of sp³-hybridized carbons (Fsp3) is 0.706. The van der Waals surface area contributed by atoms with Crippen LogP contribution in [0.5, 0.6) is 0 Å². The molecule has 0 amide bonds. The Morgan fingerprint density at radius 2 is 1.65 bits per heavy atom. The van der Waals surface area contributed by atoms with Crippen LogP contribution in [0.15, 0.2) is 12.1 Å². The van der Waals surface area contributed by atoms with E-state index in [0.717, 1.165) is 30.0 Å². The van der Waals surface area contributed by atoms with Crippen molar-refractivity contribution in [2.24, 2.45) is 0 Å². The van der Waals surface area contributed by atoms with Crippen molar-refractivity contribution in [3.8, 4) is 0 Å². The van der Waals surface area contributed by atoms with Gasteiger partial charge in [-0.2, -0.15) is 0 Å². The molecule has 3 heterocycles. The van der Waals surface area contributed by atoms with E-state index in [1.54, 1.807) is 0 Å². The van der Waals surface area contributed by atoms with Crippen molar-refractivity contribution in [1.82, 2.24) is 14.8 Å². The first-order valence-corrected chi connectivity index (χ1v) is 7.78. The van der Waals surface area contributed by atoms with Crippen molar-refractivity contribution in [3.05, 3.63) is 29.1 Å². The lowest BCUT2D eigenvalue weighted by molar-refractivity contribution is -0.0997. The zero-order valence-corrected chi connectivity index (χ0v) is 13.5. The van der Waals surface area contributed by atoms with Crippen LogP contribution in [-0.4, -0.2) is 45.5 Å². The van der Waals surface area contributed by atoms with E-state index in [2.05, 4.69) is 61.5 Å². The van der Waals surface area contributed by atoms with Crippen LogP contribution in [0.25, 0.3) is 0 Å². The standard InChI is InChI=1S/C17H27N3/c1-12-6-14(7-13(2)18-12)9-20-15-8-16(20)11-19(10-15)17(3,4)5/h6-7,15-16H,8-11H2,1-5H3. The van der Waals surface area contributed by atoms with E-state index >= 15 is 0 Å². The Morgan fingerprint density at radius 3 is 2.15 bits per heavy atom. The summed E-state index contributed by atoms with van der Waals surface area (Å²) in [7, 11) is 0. The number of aryl methyl sites for hydroxylation is 2. The first-order chi connectivity index (χ1) is 9.33. The van der Waals surface area contributed by atoms with Gasteiger partial charge in [0, 0.05) is 48.6 Å². The van der Waals surface area contributed by atoms with Crippen LogP contribution in [0.4, 0.5) is 0 Å². The quantitative estimate of drug-likeness (QED) is 0.826. The van der Waals surface area contributed by atoms with Gasteiger partial charge in [0.05, 0.1) is 0 Å². The van der Waals surface area contributed by atoms with Crippen molar-refractivity contribution in [1.29, 1.82) is 0 Å². The summed E-state index contributed by atoms with van der Waals surface area (Å²) in [5, 5.41) is 0. The molecule has 3 nitrogen and oxygen atoms in total. The van der Waals surface area contributed by atoms with Gasteiger partial charge in [-0.05, 0) is 58.7 Å². The molecule has 2 bridgehead atoms. The second-order valence-electron chi connectivity index (χ2n) is 7.55. The van der Waals surface area contributed by atoms with Crippen LogP contribution in [-0.2, 0) is 6.54 Å². The average Bonchev–Trinajstić information content (AvgIpc) is 2.34. The van der Waals surface area contributed by atoms with E-state index in [4.69, 9.17) is 0 Å². The maximum Gasteiger partial charge on any atom is 0.0379 e. The topological polar surface area (TPSA) is 19.4 Å². The number of piperazine rings is 1. The van der Waals surface area contributed by atoms with Crippen molar-refractivity contribution in [2.45, 2.75) is 65.2 Å². The van der Waals surface area contributed by atoms with Gasteiger partial charge in [0.1, 0.15) is 0 Å². The fourth-order valence-corrected chi connectivity index (χ4v) is 3.72. The van der Waals surface area contributed by atoms with E-state index in [1.165, 1.54) is 25.1 Å². The molecular formula is C17H27N3. The largest absolute Gasteiger partial charge is 0.295 e. The predicted octanol–water partition coefficient (Wildman–Crippen LogP) is 2.76. The number of piperidine rings is 1. The molecule has 1 aromatic rings. The van der Waals surface area contributed by atoms with Gasteiger partial charge in [0.15, 0.2) is 0 Å². The van der Waals surface area contributed by atoms with Gasteiger partial charge in [-0.1, -0.05) is 0 Å². The molecule has 2 atom stereocenters. The first-order valence-electron chi connectivity index (χ1n) is 7.78. The summed E-state index contributed by atoms with van der Waals surface area (Å²) in [5.41, 5.74) is 4.02. The molecule has 0 radical (unpaired) electrons. The molecule has 20 heavy (non-hydrogen) atoms. The number of likely N-dealkylation sites (tertiary alicyclic amines) is 2. The van der Waals surface area contributed by atoms with Gasteiger partial charge >= 0.3 is 0 Å². The molecule has 3 heteroatoms. The Kier molecular flexibility index (Phi) is 3.38. The highest BCUT2D eigenvalue weighted by Crippen LogP contribution is 2.36. The van der Waals surface area contributed by atoms with Gasteiger partial charge in [-0.3, -0.25) is 14.8 Å². The van der Waals surface area contributed by atoms with Gasteiger partial charge in [0.2, 0.25) is 0 Å². The van der Waals surface area contributed by atoms with Crippen LogP contribution in [0, 0.1) is 13.8 Å². The molecule has 2 aliphatic rings. The highest BCUT2D eigenvalue weighted by atomic mass is 15.4. The molecule has 0 aliphatic carbocycles. The normalized spacial score (nSPS) is 27.4. The van der Waals surface area contributed by atoms with E-state index in [0.29, 0.717) is 5.54 Å². The Labute approximate surface area is 123 Å². The lowest BCUT2D eigenvalue weighted by Crippen LogP contribution is -2.70. The number of rotatable bonds is 2. The zero-order chi connectivity index (χ0) is 14.5. The minimum atomic E-state index is 0.312. The van der Waals surface area contributed by atoms with Gasteiger partial charge in [-0.15, -0.1) is 0 Å². The summed E-state index contributed by atoms with van der Waals surface area (Å²) in [4.78, 5) is 9.81. The number of aromatic nitrogens is 1. The van der Waals surface area contributed by atoms with Crippen LogP contribution in [0.3, 0.4) is 0 Å². The number of fused-ring (bicyclic) bond motifs is 2. The molecule has 2 saturated heterocycles. The van der Waals surface area contributed by atoms with Crippen molar-refractivity contribution < 1.29 is 0 Å². The number of hydrogen-bond donors (Lipinski definition) is 0. The van der Waals surface area contributed by atoms with E-state index < -0.39 is 0 Å². The summed E-state index contributed by atoms with van der Waals surface area (Å²) >= 11 is 0. The Balaban J connectivity index is 1.67. The third kappa shape index (κ3) is 2.61. The van der Waals surface area contributed by atoms with Crippen molar-refractivity contribution >= 4 is 0 Å². The maximum atomic E-state index is 4.48. The van der Waals surface area contributed by atoms with Crippen molar-refractivity contribution in [3.63, 3.8) is 0 Å². The molecule has 2 fully saturated rings. The van der Waals surface area contributed by atoms with Gasteiger partial charge in [-0.25, -0.2) is 0 Å². The number of pyridine rings is 1. The molecule has 0 aromatic carbocycles. The van der Waals surface area contributed by atoms with E-state index in [1.807, 2.05) is 0 Å². The molecule has 0 spiro atoms. The molecule has 110 valence electrons. The van der Waals surface area contributed by atoms with Crippen LogP contribution < -0.4 is 0 Å². The first kappa shape index (κ1) is 14.0. The smallest absolute Gasteiger partial charge is 0.0379 e. The van der Waals surface area contributed by atoms with Crippen molar-refractivity contribution in [2.75, 3.05) is 13.1 Å². The van der Waals surface area contributed by atoms with Gasteiger partial charge < -0.3 is 0 Å². The second-order valence-corrected chi connectivity index (χ2v) is 7.55.